The Hall–Kier alpha value is -2.22. The standard InChI is InChI=1S/C23H24N4S3/c1-4-7-20-12-18(13-28-20)21-25-26-23(27(21)10-5-2)30-15-19-14-29-22(24-19)17-9-6-8-16(3)11-17/h5-6,8-9,11-14H,2,4,7,10,15H2,1,3H3. The van der Waals surface area contributed by atoms with Crippen LogP contribution in [0.5, 0.6) is 0 Å². The first kappa shape index (κ1) is 21.0. The van der Waals surface area contributed by atoms with Crippen LogP contribution in [0.1, 0.15) is 29.5 Å². The summed E-state index contributed by atoms with van der Waals surface area (Å²) in [6, 6.07) is 10.7. The highest BCUT2D eigenvalue weighted by Gasteiger charge is 2.16. The van der Waals surface area contributed by atoms with Crippen LogP contribution in [0.15, 0.2) is 58.9 Å². The molecule has 3 heterocycles. The maximum absolute atomic E-state index is 4.82. The van der Waals surface area contributed by atoms with Crippen molar-refractivity contribution in [2.45, 2.75) is 44.1 Å². The first-order valence-corrected chi connectivity index (χ1v) is 12.7. The highest BCUT2D eigenvalue weighted by molar-refractivity contribution is 7.98. The van der Waals surface area contributed by atoms with E-state index in [1.807, 2.05) is 6.08 Å². The van der Waals surface area contributed by atoms with Gasteiger partial charge in [0.25, 0.3) is 0 Å². The number of aromatic nitrogens is 4. The molecule has 7 heteroatoms. The summed E-state index contributed by atoms with van der Waals surface area (Å²) in [6.07, 6.45) is 4.16. The van der Waals surface area contributed by atoms with E-state index in [4.69, 9.17) is 4.98 Å². The maximum atomic E-state index is 4.82. The molecule has 4 aromatic rings. The lowest BCUT2D eigenvalue weighted by Crippen LogP contribution is -2.00. The molecule has 0 aliphatic rings. The predicted octanol–water partition coefficient (Wildman–Crippen LogP) is 6.87. The second kappa shape index (κ2) is 9.73. The van der Waals surface area contributed by atoms with Gasteiger partial charge in [0.15, 0.2) is 11.0 Å². The number of allylic oxidation sites excluding steroid dienone is 1. The van der Waals surface area contributed by atoms with Gasteiger partial charge in [0.2, 0.25) is 0 Å². The number of rotatable bonds is 9. The zero-order valence-corrected chi connectivity index (χ0v) is 19.6. The van der Waals surface area contributed by atoms with E-state index in [0.29, 0.717) is 6.54 Å². The molecule has 0 radical (unpaired) electrons. The lowest BCUT2D eigenvalue weighted by atomic mass is 10.1. The molecule has 4 rings (SSSR count). The highest BCUT2D eigenvalue weighted by Crippen LogP contribution is 2.31. The molecular formula is C23H24N4S3. The molecule has 1 aromatic carbocycles. The van der Waals surface area contributed by atoms with Crippen LogP contribution >= 0.6 is 34.4 Å². The predicted molar refractivity (Wildman–Crippen MR) is 129 cm³/mol. The number of hydrogen-bond donors (Lipinski definition) is 0. The van der Waals surface area contributed by atoms with Crippen LogP contribution in [0.4, 0.5) is 0 Å². The van der Waals surface area contributed by atoms with Crippen LogP contribution in [0.3, 0.4) is 0 Å². The van der Waals surface area contributed by atoms with Crippen molar-refractivity contribution in [3.63, 3.8) is 0 Å². The average Bonchev–Trinajstić information content (AvgIpc) is 3.47. The van der Waals surface area contributed by atoms with E-state index in [0.717, 1.165) is 45.8 Å². The fraction of sp³-hybridized carbons (Fsp3) is 0.261. The monoisotopic (exact) mass is 452 g/mol. The summed E-state index contributed by atoms with van der Waals surface area (Å²) in [7, 11) is 0. The number of nitrogens with zero attached hydrogens (tertiary/aromatic N) is 4. The first-order chi connectivity index (χ1) is 14.7. The quantitative estimate of drug-likeness (QED) is 0.205. The molecular weight excluding hydrogens is 428 g/mol. The van der Waals surface area contributed by atoms with Crippen molar-refractivity contribution in [2.24, 2.45) is 0 Å². The molecule has 0 amide bonds. The summed E-state index contributed by atoms with van der Waals surface area (Å²) in [5, 5.41) is 15.2. The molecule has 0 fully saturated rings. The Kier molecular flexibility index (Phi) is 6.82. The fourth-order valence-corrected chi connectivity index (χ4v) is 5.93. The molecule has 0 N–H and O–H groups in total. The van der Waals surface area contributed by atoms with Crippen molar-refractivity contribution in [3.05, 3.63) is 69.9 Å². The minimum Gasteiger partial charge on any atom is -0.298 e. The third kappa shape index (κ3) is 4.74. The maximum Gasteiger partial charge on any atom is 0.192 e. The van der Waals surface area contributed by atoms with Crippen LogP contribution in [0.25, 0.3) is 22.0 Å². The van der Waals surface area contributed by atoms with Gasteiger partial charge in [-0.25, -0.2) is 4.98 Å². The number of thioether (sulfide) groups is 1. The van der Waals surface area contributed by atoms with Crippen molar-refractivity contribution in [1.82, 2.24) is 19.7 Å². The number of thiazole rings is 1. The molecule has 0 atom stereocenters. The van der Waals surface area contributed by atoms with Crippen molar-refractivity contribution in [2.75, 3.05) is 0 Å². The van der Waals surface area contributed by atoms with Gasteiger partial charge in [-0.2, -0.15) is 0 Å². The van der Waals surface area contributed by atoms with E-state index in [1.165, 1.54) is 16.0 Å². The van der Waals surface area contributed by atoms with Gasteiger partial charge in [0, 0.05) is 39.1 Å². The highest BCUT2D eigenvalue weighted by atomic mass is 32.2. The molecule has 0 aliphatic heterocycles. The summed E-state index contributed by atoms with van der Waals surface area (Å²) < 4.78 is 2.14. The van der Waals surface area contributed by atoms with Crippen molar-refractivity contribution in [3.8, 4) is 22.0 Å². The Morgan fingerprint density at radius 2 is 2.03 bits per heavy atom. The lowest BCUT2D eigenvalue weighted by Gasteiger charge is -2.06. The molecule has 0 saturated carbocycles. The average molecular weight is 453 g/mol. The Balaban J connectivity index is 1.51. The van der Waals surface area contributed by atoms with E-state index in [2.05, 4.69) is 76.3 Å². The fourth-order valence-electron chi connectivity index (χ4n) is 3.20. The molecule has 0 bridgehead atoms. The summed E-state index contributed by atoms with van der Waals surface area (Å²) >= 11 is 5.16. The Bertz CT molecular complexity index is 1140. The van der Waals surface area contributed by atoms with Gasteiger partial charge in [-0.15, -0.1) is 39.4 Å². The topological polar surface area (TPSA) is 43.6 Å². The first-order valence-electron chi connectivity index (χ1n) is 9.94. The molecule has 0 aliphatic carbocycles. The van der Waals surface area contributed by atoms with Gasteiger partial charge in [-0.05, 0) is 25.5 Å². The normalized spacial score (nSPS) is 11.1. The van der Waals surface area contributed by atoms with Gasteiger partial charge < -0.3 is 0 Å². The summed E-state index contributed by atoms with van der Waals surface area (Å²) in [4.78, 5) is 6.21. The van der Waals surface area contributed by atoms with E-state index in [9.17, 15) is 0 Å². The molecule has 0 saturated heterocycles. The van der Waals surface area contributed by atoms with Gasteiger partial charge >= 0.3 is 0 Å². The van der Waals surface area contributed by atoms with Crippen LogP contribution in [-0.2, 0) is 18.7 Å². The van der Waals surface area contributed by atoms with Crippen LogP contribution < -0.4 is 0 Å². The third-order valence-electron chi connectivity index (χ3n) is 4.60. The molecule has 30 heavy (non-hydrogen) atoms. The molecule has 3 aromatic heterocycles. The Morgan fingerprint density at radius 3 is 2.83 bits per heavy atom. The lowest BCUT2D eigenvalue weighted by molar-refractivity contribution is 0.731. The van der Waals surface area contributed by atoms with Crippen molar-refractivity contribution in [1.29, 1.82) is 0 Å². The summed E-state index contributed by atoms with van der Waals surface area (Å²) in [5.74, 6) is 1.68. The summed E-state index contributed by atoms with van der Waals surface area (Å²) in [5.41, 5.74) is 4.63. The summed E-state index contributed by atoms with van der Waals surface area (Å²) in [6.45, 7) is 8.92. The van der Waals surface area contributed by atoms with E-state index in [1.54, 1.807) is 34.4 Å². The number of thiophene rings is 1. The minimum atomic E-state index is 0.690. The number of benzene rings is 1. The SMILES string of the molecule is C=CCn1c(SCc2csc(-c3cccc(C)c3)n2)nnc1-c1csc(CCC)c1. The molecule has 4 nitrogen and oxygen atoms in total. The molecule has 154 valence electrons. The van der Waals surface area contributed by atoms with Crippen LogP contribution in [0.2, 0.25) is 0 Å². The van der Waals surface area contributed by atoms with Crippen LogP contribution in [-0.4, -0.2) is 19.7 Å². The third-order valence-corrected chi connectivity index (χ3v) is 7.54. The second-order valence-electron chi connectivity index (χ2n) is 7.06. The van der Waals surface area contributed by atoms with Crippen molar-refractivity contribution < 1.29 is 0 Å². The van der Waals surface area contributed by atoms with Crippen LogP contribution in [0, 0.1) is 6.92 Å². The smallest absolute Gasteiger partial charge is 0.192 e. The van der Waals surface area contributed by atoms with Gasteiger partial charge in [0.05, 0.1) is 5.69 Å². The van der Waals surface area contributed by atoms with Gasteiger partial charge in [-0.1, -0.05) is 54.9 Å². The van der Waals surface area contributed by atoms with Gasteiger partial charge in [-0.3, -0.25) is 4.57 Å². The van der Waals surface area contributed by atoms with E-state index in [-0.39, 0.29) is 0 Å². The molecule has 0 unspecified atom stereocenters. The Labute approximate surface area is 189 Å². The van der Waals surface area contributed by atoms with E-state index >= 15 is 0 Å². The second-order valence-corrected chi connectivity index (χ2v) is 9.86. The van der Waals surface area contributed by atoms with Gasteiger partial charge in [0.1, 0.15) is 5.01 Å². The largest absolute Gasteiger partial charge is 0.298 e. The zero-order valence-electron chi connectivity index (χ0n) is 17.2. The minimum absolute atomic E-state index is 0.690. The number of aryl methyl sites for hydroxylation is 2. The van der Waals surface area contributed by atoms with Crippen molar-refractivity contribution >= 4 is 34.4 Å². The van der Waals surface area contributed by atoms with E-state index < -0.39 is 0 Å². The zero-order chi connectivity index (χ0) is 20.9. The molecule has 0 spiro atoms. The number of hydrogen-bond acceptors (Lipinski definition) is 6. The Morgan fingerprint density at radius 1 is 1.13 bits per heavy atom.